The summed E-state index contributed by atoms with van der Waals surface area (Å²) in [6, 6.07) is 10.1. The van der Waals surface area contributed by atoms with Gasteiger partial charge in [-0.1, -0.05) is 31.5 Å². The second-order valence-electron chi connectivity index (χ2n) is 11.1. The molecule has 2 aromatic carbocycles. The number of hydrogen-bond donors (Lipinski definition) is 1. The maximum Gasteiger partial charge on any atom is 0.306 e. The van der Waals surface area contributed by atoms with Crippen LogP contribution in [0.4, 0.5) is 8.78 Å². The Labute approximate surface area is 206 Å². The minimum atomic E-state index is -2.60. The van der Waals surface area contributed by atoms with Gasteiger partial charge in [0.05, 0.1) is 17.6 Å². The van der Waals surface area contributed by atoms with Gasteiger partial charge in [-0.25, -0.2) is 8.78 Å². The van der Waals surface area contributed by atoms with Gasteiger partial charge < -0.3 is 9.84 Å². The zero-order valence-corrected chi connectivity index (χ0v) is 20.8. The molecule has 1 aliphatic carbocycles. The number of carboxylic acids is 1. The third kappa shape index (κ3) is 4.91. The van der Waals surface area contributed by atoms with Crippen molar-refractivity contribution in [3.8, 4) is 5.75 Å². The lowest BCUT2D eigenvalue weighted by atomic mass is 9.77. The van der Waals surface area contributed by atoms with Crippen LogP contribution in [0.15, 0.2) is 30.3 Å². The molecule has 1 N–H and O–H groups in total. The van der Waals surface area contributed by atoms with Gasteiger partial charge in [0, 0.05) is 18.1 Å². The van der Waals surface area contributed by atoms with Crippen molar-refractivity contribution in [1.82, 2.24) is 4.90 Å². The van der Waals surface area contributed by atoms with Crippen LogP contribution in [-0.2, 0) is 4.79 Å². The minimum absolute atomic E-state index is 0.000494. The Morgan fingerprint density at radius 2 is 1.71 bits per heavy atom. The molecule has 5 rings (SSSR count). The number of halogens is 2. The summed E-state index contributed by atoms with van der Waals surface area (Å²) in [4.78, 5) is 14.1. The molecule has 3 fully saturated rings. The van der Waals surface area contributed by atoms with Crippen LogP contribution in [0.25, 0.3) is 10.8 Å². The molecule has 2 bridgehead atoms. The van der Waals surface area contributed by atoms with E-state index in [9.17, 15) is 18.7 Å². The van der Waals surface area contributed by atoms with Gasteiger partial charge >= 0.3 is 5.97 Å². The van der Waals surface area contributed by atoms with Crippen LogP contribution >= 0.6 is 0 Å². The number of hydrogen-bond acceptors (Lipinski definition) is 3. The SMILES string of the molecule is CC(c1ccc2c(C(F)F)c(O[C@H]3CC[C@@H](C)CC3)ccc2c1)N1C2CCCC1CC(C(=O)O)C2. The first-order valence-electron chi connectivity index (χ1n) is 13.3. The maximum absolute atomic E-state index is 14.2. The number of alkyl halides is 2. The molecule has 2 aromatic rings. The summed E-state index contributed by atoms with van der Waals surface area (Å²) < 4.78 is 34.6. The summed E-state index contributed by atoms with van der Waals surface area (Å²) in [6.07, 6.45) is 5.97. The molecule has 1 saturated carbocycles. The van der Waals surface area contributed by atoms with Crippen LogP contribution in [0.1, 0.15) is 95.2 Å². The summed E-state index contributed by atoms with van der Waals surface area (Å²) >= 11 is 0. The van der Waals surface area contributed by atoms with Crippen molar-refractivity contribution in [2.45, 2.75) is 102 Å². The summed E-state index contributed by atoms with van der Waals surface area (Å²) in [7, 11) is 0. The molecule has 0 radical (unpaired) electrons. The maximum atomic E-state index is 14.2. The Kier molecular flexibility index (Phi) is 7.02. The molecule has 6 heteroatoms. The predicted molar refractivity (Wildman–Crippen MR) is 133 cm³/mol. The summed E-state index contributed by atoms with van der Waals surface area (Å²) in [5.41, 5.74) is 1.10. The highest BCUT2D eigenvalue weighted by atomic mass is 19.3. The zero-order chi connectivity index (χ0) is 24.7. The fourth-order valence-electron chi connectivity index (χ4n) is 6.89. The van der Waals surface area contributed by atoms with Gasteiger partial charge in [0.1, 0.15) is 5.75 Å². The van der Waals surface area contributed by atoms with Crippen LogP contribution < -0.4 is 4.74 Å². The van der Waals surface area contributed by atoms with Crippen LogP contribution in [0.3, 0.4) is 0 Å². The number of benzene rings is 2. The van der Waals surface area contributed by atoms with Gasteiger partial charge in [-0.3, -0.25) is 9.69 Å². The number of nitrogens with zero attached hydrogens (tertiary/aromatic N) is 1. The molecule has 35 heavy (non-hydrogen) atoms. The van der Waals surface area contributed by atoms with Crippen molar-refractivity contribution in [2.24, 2.45) is 11.8 Å². The molecule has 3 unspecified atom stereocenters. The van der Waals surface area contributed by atoms with Gasteiger partial charge in [0.2, 0.25) is 0 Å². The highest BCUT2D eigenvalue weighted by Crippen LogP contribution is 2.43. The number of rotatable bonds is 6. The molecular weight excluding hydrogens is 448 g/mol. The number of aliphatic carboxylic acids is 1. The number of ether oxygens (including phenoxy) is 1. The highest BCUT2D eigenvalue weighted by Gasteiger charge is 2.42. The lowest BCUT2D eigenvalue weighted by Gasteiger charge is -2.51. The minimum Gasteiger partial charge on any atom is -0.490 e. The Bertz CT molecular complexity index is 1050. The average molecular weight is 486 g/mol. The van der Waals surface area contributed by atoms with Crippen LogP contribution in [-0.4, -0.2) is 34.2 Å². The van der Waals surface area contributed by atoms with E-state index in [-0.39, 0.29) is 35.7 Å². The Balaban J connectivity index is 1.41. The van der Waals surface area contributed by atoms with E-state index in [1.165, 1.54) is 0 Å². The van der Waals surface area contributed by atoms with E-state index < -0.39 is 12.4 Å². The first-order chi connectivity index (χ1) is 16.8. The first-order valence-corrected chi connectivity index (χ1v) is 13.3. The van der Waals surface area contributed by atoms with Crippen LogP contribution in [0, 0.1) is 11.8 Å². The van der Waals surface area contributed by atoms with Gasteiger partial charge in [-0.05, 0) is 92.7 Å². The van der Waals surface area contributed by atoms with Crippen molar-refractivity contribution >= 4 is 16.7 Å². The number of piperidine rings is 2. The highest BCUT2D eigenvalue weighted by molar-refractivity contribution is 5.88. The van der Waals surface area contributed by atoms with Crippen molar-refractivity contribution in [1.29, 1.82) is 0 Å². The van der Waals surface area contributed by atoms with Gasteiger partial charge in [0.25, 0.3) is 6.43 Å². The van der Waals surface area contributed by atoms with E-state index in [0.717, 1.165) is 55.9 Å². The molecule has 3 atom stereocenters. The standard InChI is InChI=1S/C29H37F2NO3/c1-17-6-10-24(11-7-17)35-26-13-9-20-14-19(8-12-25(20)27(26)28(30)31)18(2)32-22-4-3-5-23(32)16-21(15-22)29(33)34/h8-9,12-14,17-18,21-24,28H,3-7,10-11,15-16H2,1-2H3,(H,33,34)/t17-,18?,21?,22?,23?,24+. The Morgan fingerprint density at radius 3 is 2.34 bits per heavy atom. The van der Waals surface area contributed by atoms with Crippen molar-refractivity contribution < 1.29 is 23.4 Å². The lowest BCUT2D eigenvalue weighted by Crippen LogP contribution is -2.53. The fraction of sp³-hybridized carbons (Fsp3) is 0.621. The fourth-order valence-corrected chi connectivity index (χ4v) is 6.89. The van der Waals surface area contributed by atoms with Gasteiger partial charge in [0.15, 0.2) is 0 Å². The van der Waals surface area contributed by atoms with E-state index in [0.29, 0.717) is 29.9 Å². The molecule has 190 valence electrons. The molecule has 2 saturated heterocycles. The first kappa shape index (κ1) is 24.5. The lowest BCUT2D eigenvalue weighted by molar-refractivity contribution is -0.147. The molecule has 0 spiro atoms. The summed E-state index contributed by atoms with van der Waals surface area (Å²) in [5, 5.41) is 10.9. The van der Waals surface area contributed by atoms with Crippen LogP contribution in [0.2, 0.25) is 0 Å². The quantitative estimate of drug-likeness (QED) is 0.460. The van der Waals surface area contributed by atoms with Crippen molar-refractivity contribution in [2.75, 3.05) is 0 Å². The monoisotopic (exact) mass is 485 g/mol. The molecule has 0 aromatic heterocycles. The second-order valence-corrected chi connectivity index (χ2v) is 11.1. The molecule has 2 heterocycles. The summed E-state index contributed by atoms with van der Waals surface area (Å²) in [5.74, 6) is 0.0546. The van der Waals surface area contributed by atoms with Crippen molar-refractivity contribution in [3.05, 3.63) is 41.5 Å². The van der Waals surface area contributed by atoms with E-state index in [4.69, 9.17) is 4.74 Å². The van der Waals surface area contributed by atoms with E-state index in [1.54, 1.807) is 6.07 Å². The Hall–Kier alpha value is -2.21. The van der Waals surface area contributed by atoms with E-state index >= 15 is 0 Å². The van der Waals surface area contributed by atoms with E-state index in [1.807, 2.05) is 24.3 Å². The zero-order valence-electron chi connectivity index (χ0n) is 20.8. The number of carboxylic acid groups (broad SMARTS) is 1. The van der Waals surface area contributed by atoms with E-state index in [2.05, 4.69) is 18.7 Å². The Morgan fingerprint density at radius 1 is 1.03 bits per heavy atom. The second kappa shape index (κ2) is 10.0. The smallest absolute Gasteiger partial charge is 0.306 e. The number of carbonyl (C=O) groups is 1. The topological polar surface area (TPSA) is 49.8 Å². The number of fused-ring (bicyclic) bond motifs is 3. The normalized spacial score (nSPS) is 30.4. The largest absolute Gasteiger partial charge is 0.490 e. The molecule has 0 amide bonds. The predicted octanol–water partition coefficient (Wildman–Crippen LogP) is 7.51. The molecule has 2 aliphatic heterocycles. The molecule has 3 aliphatic rings. The van der Waals surface area contributed by atoms with Crippen LogP contribution in [0.5, 0.6) is 5.75 Å². The van der Waals surface area contributed by atoms with Gasteiger partial charge in [-0.2, -0.15) is 0 Å². The summed E-state index contributed by atoms with van der Waals surface area (Å²) in [6.45, 7) is 4.40. The van der Waals surface area contributed by atoms with Gasteiger partial charge in [-0.15, -0.1) is 0 Å². The third-order valence-electron chi connectivity index (χ3n) is 8.83. The van der Waals surface area contributed by atoms with Crippen molar-refractivity contribution in [3.63, 3.8) is 0 Å². The third-order valence-corrected chi connectivity index (χ3v) is 8.83. The molecule has 4 nitrogen and oxygen atoms in total. The average Bonchev–Trinajstić information content (AvgIpc) is 2.83. The molecular formula is C29H37F2NO3.